The van der Waals surface area contributed by atoms with E-state index in [1.165, 1.54) is 16.9 Å². The highest BCUT2D eigenvalue weighted by Gasteiger charge is 2.16. The van der Waals surface area contributed by atoms with Gasteiger partial charge in [-0.15, -0.1) is 11.3 Å². The number of aromatic amines is 1. The molecule has 3 rings (SSSR count). The van der Waals surface area contributed by atoms with E-state index in [-0.39, 0.29) is 5.69 Å². The average molecular weight is 278 g/mol. The van der Waals surface area contributed by atoms with Crippen molar-refractivity contribution < 1.29 is 0 Å². The number of nitrogens with one attached hydrogen (secondary N) is 1. The van der Waals surface area contributed by atoms with Crippen LogP contribution in [0.5, 0.6) is 0 Å². The fraction of sp³-hybridized carbons (Fsp3) is 0.385. The van der Waals surface area contributed by atoms with Gasteiger partial charge in [-0.25, -0.2) is 4.79 Å². The van der Waals surface area contributed by atoms with Crippen LogP contribution in [0.15, 0.2) is 22.3 Å². The normalized spacial score (nSPS) is 14.4. The summed E-state index contributed by atoms with van der Waals surface area (Å²) in [5.41, 5.74) is 2.24. The topological polar surface area (TPSA) is 37.8 Å². The second kappa shape index (κ2) is 4.82. The largest absolute Gasteiger partial charge is 0.327 e. The van der Waals surface area contributed by atoms with E-state index in [1.807, 2.05) is 16.0 Å². The molecule has 3 nitrogen and oxygen atoms in total. The van der Waals surface area contributed by atoms with Gasteiger partial charge in [0.1, 0.15) is 4.64 Å². The zero-order valence-corrected chi connectivity index (χ0v) is 11.6. The van der Waals surface area contributed by atoms with E-state index in [1.54, 1.807) is 11.3 Å². The Bertz CT molecular complexity index is 667. The molecule has 0 aromatic carbocycles. The van der Waals surface area contributed by atoms with Crippen molar-refractivity contribution in [3.63, 3.8) is 0 Å². The van der Waals surface area contributed by atoms with Gasteiger partial charge in [0.25, 0.3) is 0 Å². The summed E-state index contributed by atoms with van der Waals surface area (Å²) in [6.07, 6.45) is 4.28. The summed E-state index contributed by atoms with van der Waals surface area (Å²) in [5, 5.41) is 2.04. The van der Waals surface area contributed by atoms with Gasteiger partial charge in [-0.05, 0) is 37.1 Å². The molecule has 0 radical (unpaired) electrons. The first-order valence-electron chi connectivity index (χ1n) is 6.13. The Balaban J connectivity index is 2.13. The van der Waals surface area contributed by atoms with Gasteiger partial charge in [-0.1, -0.05) is 18.3 Å². The summed E-state index contributed by atoms with van der Waals surface area (Å²) >= 11 is 6.95. The van der Waals surface area contributed by atoms with Crippen molar-refractivity contribution in [1.82, 2.24) is 9.55 Å². The predicted molar refractivity (Wildman–Crippen MR) is 75.9 cm³/mol. The van der Waals surface area contributed by atoms with Crippen molar-refractivity contribution >= 4 is 23.6 Å². The molecule has 0 spiro atoms. The molecule has 2 heterocycles. The van der Waals surface area contributed by atoms with E-state index in [2.05, 4.69) is 11.1 Å². The molecule has 1 aliphatic carbocycles. The van der Waals surface area contributed by atoms with Gasteiger partial charge in [0.05, 0.1) is 6.54 Å². The van der Waals surface area contributed by atoms with E-state index >= 15 is 0 Å². The molecular weight excluding hydrogens is 264 g/mol. The third-order valence-electron chi connectivity index (χ3n) is 3.40. The van der Waals surface area contributed by atoms with Crippen molar-refractivity contribution in [3.05, 3.63) is 48.8 Å². The standard InChI is InChI=1S/C13H14N2OS2/c16-13-14-12(17)10-5-1-2-6-11(10)15(13)8-9-4-3-7-18-9/h3-4,7H,1-2,5-6,8H2,(H,14,16,17). The average Bonchev–Trinajstić information content (AvgIpc) is 2.87. The molecular formula is C13H14N2OS2. The monoisotopic (exact) mass is 278 g/mol. The van der Waals surface area contributed by atoms with Crippen LogP contribution in [0.2, 0.25) is 0 Å². The Labute approximate surface area is 114 Å². The molecule has 94 valence electrons. The van der Waals surface area contributed by atoms with Gasteiger partial charge in [-0.3, -0.25) is 9.55 Å². The van der Waals surface area contributed by atoms with Gasteiger partial charge in [0, 0.05) is 16.1 Å². The number of fused-ring (bicyclic) bond motifs is 1. The number of rotatable bonds is 2. The van der Waals surface area contributed by atoms with Crippen LogP contribution >= 0.6 is 23.6 Å². The van der Waals surface area contributed by atoms with Gasteiger partial charge < -0.3 is 0 Å². The Kier molecular flexibility index (Phi) is 3.18. The molecule has 0 fully saturated rings. The van der Waals surface area contributed by atoms with Crippen molar-refractivity contribution in [3.8, 4) is 0 Å². The highest BCUT2D eigenvalue weighted by molar-refractivity contribution is 7.71. The van der Waals surface area contributed by atoms with Crippen LogP contribution in [0, 0.1) is 4.64 Å². The maximum absolute atomic E-state index is 12.1. The van der Waals surface area contributed by atoms with Crippen LogP contribution in [-0.4, -0.2) is 9.55 Å². The Hall–Kier alpha value is -1.20. The molecule has 0 saturated carbocycles. The third kappa shape index (κ3) is 2.08. The van der Waals surface area contributed by atoms with Gasteiger partial charge in [0.2, 0.25) is 0 Å². The Morgan fingerprint density at radius 1 is 1.39 bits per heavy atom. The van der Waals surface area contributed by atoms with E-state index < -0.39 is 0 Å². The van der Waals surface area contributed by atoms with E-state index in [0.29, 0.717) is 11.2 Å². The molecule has 2 aromatic heterocycles. The SMILES string of the molecule is O=c1[nH]c(=S)c2c(n1Cc1cccs1)CCCC2. The van der Waals surface area contributed by atoms with Crippen LogP contribution in [-0.2, 0) is 19.4 Å². The van der Waals surface area contributed by atoms with Crippen LogP contribution in [0.25, 0.3) is 0 Å². The van der Waals surface area contributed by atoms with Crippen molar-refractivity contribution in [2.75, 3.05) is 0 Å². The second-order valence-corrected chi connectivity index (χ2v) is 6.00. The molecule has 0 saturated heterocycles. The molecule has 0 atom stereocenters. The summed E-state index contributed by atoms with van der Waals surface area (Å²) in [6.45, 7) is 0.658. The summed E-state index contributed by atoms with van der Waals surface area (Å²) in [6, 6.07) is 4.08. The molecule has 0 bridgehead atoms. The molecule has 1 aliphatic rings. The predicted octanol–water partition coefficient (Wildman–Crippen LogP) is 2.89. The lowest BCUT2D eigenvalue weighted by Gasteiger charge is -2.20. The second-order valence-electron chi connectivity index (χ2n) is 4.56. The molecule has 0 unspecified atom stereocenters. The lowest BCUT2D eigenvalue weighted by molar-refractivity contribution is 0.586. The van der Waals surface area contributed by atoms with Crippen molar-refractivity contribution in [1.29, 1.82) is 0 Å². The number of aromatic nitrogens is 2. The molecule has 1 N–H and O–H groups in total. The van der Waals surface area contributed by atoms with E-state index in [0.717, 1.165) is 25.0 Å². The quantitative estimate of drug-likeness (QED) is 0.858. The Morgan fingerprint density at radius 3 is 3.00 bits per heavy atom. The fourth-order valence-electron chi connectivity index (χ4n) is 2.52. The van der Waals surface area contributed by atoms with Gasteiger partial charge >= 0.3 is 5.69 Å². The zero-order chi connectivity index (χ0) is 12.5. The molecule has 2 aromatic rings. The number of H-pyrrole nitrogens is 1. The minimum Gasteiger partial charge on any atom is -0.298 e. The minimum atomic E-state index is -0.0750. The molecule has 18 heavy (non-hydrogen) atoms. The first-order chi connectivity index (χ1) is 8.75. The molecule has 0 amide bonds. The Morgan fingerprint density at radius 2 is 2.22 bits per heavy atom. The number of nitrogens with zero attached hydrogens (tertiary/aromatic N) is 1. The molecule has 0 aliphatic heterocycles. The van der Waals surface area contributed by atoms with Crippen LogP contribution in [0.4, 0.5) is 0 Å². The molecule has 5 heteroatoms. The number of thiophene rings is 1. The first-order valence-corrected chi connectivity index (χ1v) is 7.42. The lowest BCUT2D eigenvalue weighted by atomic mass is 9.97. The highest BCUT2D eigenvalue weighted by Crippen LogP contribution is 2.21. The third-order valence-corrected chi connectivity index (χ3v) is 4.61. The zero-order valence-electron chi connectivity index (χ0n) is 9.94. The van der Waals surface area contributed by atoms with Crippen LogP contribution in [0.1, 0.15) is 29.0 Å². The lowest BCUT2D eigenvalue weighted by Crippen LogP contribution is -2.29. The maximum Gasteiger partial charge on any atom is 0.327 e. The first kappa shape index (κ1) is 11.9. The summed E-state index contributed by atoms with van der Waals surface area (Å²) in [5.74, 6) is 0. The number of hydrogen-bond acceptors (Lipinski definition) is 3. The van der Waals surface area contributed by atoms with Gasteiger partial charge in [-0.2, -0.15) is 0 Å². The minimum absolute atomic E-state index is 0.0750. The summed E-state index contributed by atoms with van der Waals surface area (Å²) in [7, 11) is 0. The summed E-state index contributed by atoms with van der Waals surface area (Å²) in [4.78, 5) is 16.1. The van der Waals surface area contributed by atoms with Crippen molar-refractivity contribution in [2.24, 2.45) is 0 Å². The highest BCUT2D eigenvalue weighted by atomic mass is 32.1. The van der Waals surface area contributed by atoms with Crippen LogP contribution < -0.4 is 5.69 Å². The van der Waals surface area contributed by atoms with Gasteiger partial charge in [0.15, 0.2) is 0 Å². The van der Waals surface area contributed by atoms with E-state index in [9.17, 15) is 4.79 Å². The van der Waals surface area contributed by atoms with Crippen molar-refractivity contribution in [2.45, 2.75) is 32.2 Å². The van der Waals surface area contributed by atoms with E-state index in [4.69, 9.17) is 12.2 Å². The number of hydrogen-bond donors (Lipinski definition) is 1. The fourth-order valence-corrected chi connectivity index (χ4v) is 3.52. The smallest absolute Gasteiger partial charge is 0.298 e. The summed E-state index contributed by atoms with van der Waals surface area (Å²) < 4.78 is 2.49. The van der Waals surface area contributed by atoms with Crippen LogP contribution in [0.3, 0.4) is 0 Å². The maximum atomic E-state index is 12.1.